The standard InChI is InChI=1S/C14H15Cl2NS/c1-9-3-4-10(15)7-11(9)13(17-2)8-14-12(16)5-6-18-14/h3-7,13,17H,8H2,1-2H3. The van der Waals surface area contributed by atoms with Crippen molar-refractivity contribution in [2.45, 2.75) is 19.4 Å². The highest BCUT2D eigenvalue weighted by molar-refractivity contribution is 7.10. The number of rotatable bonds is 4. The summed E-state index contributed by atoms with van der Waals surface area (Å²) in [5, 5.41) is 6.98. The highest BCUT2D eigenvalue weighted by Crippen LogP contribution is 2.30. The van der Waals surface area contributed by atoms with E-state index >= 15 is 0 Å². The lowest BCUT2D eigenvalue weighted by molar-refractivity contribution is 0.593. The molecule has 18 heavy (non-hydrogen) atoms. The summed E-state index contributed by atoms with van der Waals surface area (Å²) in [6, 6.07) is 8.18. The Hall–Kier alpha value is -0.540. The molecule has 1 N–H and O–H groups in total. The van der Waals surface area contributed by atoms with Gasteiger partial charge in [0.1, 0.15) is 0 Å². The summed E-state index contributed by atoms with van der Waals surface area (Å²) in [5.41, 5.74) is 2.47. The summed E-state index contributed by atoms with van der Waals surface area (Å²) in [7, 11) is 1.96. The van der Waals surface area contributed by atoms with Crippen molar-refractivity contribution in [3.63, 3.8) is 0 Å². The molecule has 0 spiro atoms. The molecule has 1 aromatic carbocycles. The Morgan fingerprint density at radius 2 is 2.06 bits per heavy atom. The SMILES string of the molecule is CNC(Cc1sccc1Cl)c1cc(Cl)ccc1C. The zero-order chi connectivity index (χ0) is 13.1. The quantitative estimate of drug-likeness (QED) is 0.849. The fourth-order valence-electron chi connectivity index (χ4n) is 2.01. The highest BCUT2D eigenvalue weighted by Gasteiger charge is 2.15. The van der Waals surface area contributed by atoms with Crippen molar-refractivity contribution in [3.05, 3.63) is 55.7 Å². The largest absolute Gasteiger partial charge is 0.313 e. The van der Waals surface area contributed by atoms with Gasteiger partial charge in [-0.3, -0.25) is 0 Å². The lowest BCUT2D eigenvalue weighted by atomic mass is 9.98. The fraction of sp³-hybridized carbons (Fsp3) is 0.286. The van der Waals surface area contributed by atoms with Crippen LogP contribution in [0.3, 0.4) is 0 Å². The van der Waals surface area contributed by atoms with Crippen LogP contribution in [-0.4, -0.2) is 7.05 Å². The van der Waals surface area contributed by atoms with Gasteiger partial charge in [-0.15, -0.1) is 11.3 Å². The van der Waals surface area contributed by atoms with Crippen LogP contribution in [0.15, 0.2) is 29.6 Å². The molecule has 0 saturated carbocycles. The van der Waals surface area contributed by atoms with E-state index in [9.17, 15) is 0 Å². The number of aryl methyl sites for hydroxylation is 1. The van der Waals surface area contributed by atoms with Crippen molar-refractivity contribution in [2.24, 2.45) is 0 Å². The molecular formula is C14H15Cl2NS. The molecule has 1 aromatic heterocycles. The van der Waals surface area contributed by atoms with Crippen LogP contribution >= 0.6 is 34.5 Å². The average Bonchev–Trinajstić information content (AvgIpc) is 2.75. The van der Waals surface area contributed by atoms with Gasteiger partial charge in [0, 0.05) is 22.4 Å². The van der Waals surface area contributed by atoms with Crippen LogP contribution in [-0.2, 0) is 6.42 Å². The van der Waals surface area contributed by atoms with E-state index in [1.807, 2.05) is 30.6 Å². The van der Waals surface area contributed by atoms with E-state index in [0.717, 1.165) is 16.5 Å². The first-order chi connectivity index (χ1) is 8.61. The Bertz CT molecular complexity index is 536. The number of nitrogens with one attached hydrogen (secondary N) is 1. The van der Waals surface area contributed by atoms with Gasteiger partial charge in [-0.2, -0.15) is 0 Å². The van der Waals surface area contributed by atoms with E-state index in [4.69, 9.17) is 23.2 Å². The molecule has 0 aliphatic rings. The predicted molar refractivity (Wildman–Crippen MR) is 81.0 cm³/mol. The van der Waals surface area contributed by atoms with Gasteiger partial charge >= 0.3 is 0 Å². The first-order valence-electron chi connectivity index (χ1n) is 5.77. The molecule has 2 rings (SSSR count). The van der Waals surface area contributed by atoms with Crippen LogP contribution in [0, 0.1) is 6.92 Å². The van der Waals surface area contributed by atoms with Crippen molar-refractivity contribution < 1.29 is 0 Å². The number of halogens is 2. The van der Waals surface area contributed by atoms with Gasteiger partial charge in [0.2, 0.25) is 0 Å². The minimum atomic E-state index is 0.236. The first kappa shape index (κ1) is 13.9. The van der Waals surface area contributed by atoms with Crippen LogP contribution in [0.4, 0.5) is 0 Å². The van der Waals surface area contributed by atoms with Crippen molar-refractivity contribution in [2.75, 3.05) is 7.05 Å². The Labute approximate surface area is 122 Å². The first-order valence-corrected chi connectivity index (χ1v) is 7.40. The summed E-state index contributed by atoms with van der Waals surface area (Å²) in [6.45, 7) is 2.10. The van der Waals surface area contributed by atoms with Gasteiger partial charge in [0.25, 0.3) is 0 Å². The number of likely N-dealkylation sites (N-methyl/N-ethyl adjacent to an activating group) is 1. The number of thiophene rings is 1. The van der Waals surface area contributed by atoms with Gasteiger partial charge in [-0.25, -0.2) is 0 Å². The van der Waals surface area contributed by atoms with Crippen molar-refractivity contribution in [1.82, 2.24) is 5.32 Å². The monoisotopic (exact) mass is 299 g/mol. The minimum absolute atomic E-state index is 0.236. The summed E-state index contributed by atoms with van der Waals surface area (Å²) < 4.78 is 0. The van der Waals surface area contributed by atoms with Crippen LogP contribution < -0.4 is 5.32 Å². The maximum atomic E-state index is 6.16. The van der Waals surface area contributed by atoms with E-state index in [1.54, 1.807) is 11.3 Å². The highest BCUT2D eigenvalue weighted by atomic mass is 35.5. The van der Waals surface area contributed by atoms with E-state index < -0.39 is 0 Å². The Morgan fingerprint density at radius 1 is 1.28 bits per heavy atom. The molecule has 1 nitrogen and oxygen atoms in total. The van der Waals surface area contributed by atoms with Crippen LogP contribution in [0.5, 0.6) is 0 Å². The second-order valence-electron chi connectivity index (χ2n) is 4.24. The lowest BCUT2D eigenvalue weighted by Crippen LogP contribution is -2.19. The molecule has 1 heterocycles. The van der Waals surface area contributed by atoms with Crippen molar-refractivity contribution >= 4 is 34.5 Å². The maximum absolute atomic E-state index is 6.16. The normalized spacial score (nSPS) is 12.7. The van der Waals surface area contributed by atoms with E-state index in [-0.39, 0.29) is 6.04 Å². The molecule has 0 aliphatic carbocycles. The van der Waals surface area contributed by atoms with Crippen molar-refractivity contribution in [3.8, 4) is 0 Å². The molecular weight excluding hydrogens is 285 g/mol. The zero-order valence-electron chi connectivity index (χ0n) is 10.3. The number of hydrogen-bond donors (Lipinski definition) is 1. The zero-order valence-corrected chi connectivity index (χ0v) is 12.7. The predicted octanol–water partition coefficient (Wildman–Crippen LogP) is 4.87. The third-order valence-corrected chi connectivity index (χ3v) is 4.69. The molecule has 4 heteroatoms. The average molecular weight is 300 g/mol. The second kappa shape index (κ2) is 6.07. The fourth-order valence-corrected chi connectivity index (χ4v) is 3.35. The molecule has 0 radical (unpaired) electrons. The molecule has 0 fully saturated rings. The van der Waals surface area contributed by atoms with Crippen LogP contribution in [0.25, 0.3) is 0 Å². The summed E-state index contributed by atoms with van der Waals surface area (Å²) in [6.07, 6.45) is 0.883. The Morgan fingerprint density at radius 3 is 2.67 bits per heavy atom. The van der Waals surface area contributed by atoms with E-state index in [1.165, 1.54) is 16.0 Å². The third-order valence-electron chi connectivity index (χ3n) is 3.05. The minimum Gasteiger partial charge on any atom is -0.313 e. The molecule has 0 saturated heterocycles. The molecule has 1 unspecified atom stereocenters. The van der Waals surface area contributed by atoms with E-state index in [0.29, 0.717) is 0 Å². The smallest absolute Gasteiger partial charge is 0.0545 e. The number of hydrogen-bond acceptors (Lipinski definition) is 2. The molecule has 0 bridgehead atoms. The topological polar surface area (TPSA) is 12.0 Å². The molecule has 1 atom stereocenters. The lowest BCUT2D eigenvalue weighted by Gasteiger charge is -2.18. The summed E-state index contributed by atoms with van der Waals surface area (Å²) in [5.74, 6) is 0. The van der Waals surface area contributed by atoms with Gasteiger partial charge < -0.3 is 5.32 Å². The van der Waals surface area contributed by atoms with Gasteiger partial charge in [-0.05, 0) is 48.7 Å². The van der Waals surface area contributed by atoms with Crippen molar-refractivity contribution in [1.29, 1.82) is 0 Å². The molecule has 2 aromatic rings. The summed E-state index contributed by atoms with van der Waals surface area (Å²) in [4.78, 5) is 1.20. The van der Waals surface area contributed by atoms with Gasteiger partial charge in [0.05, 0.1) is 5.02 Å². The van der Waals surface area contributed by atoms with E-state index in [2.05, 4.69) is 18.3 Å². The Balaban J connectivity index is 2.28. The molecule has 96 valence electrons. The van der Waals surface area contributed by atoms with Gasteiger partial charge in [0.15, 0.2) is 0 Å². The van der Waals surface area contributed by atoms with Gasteiger partial charge in [-0.1, -0.05) is 29.3 Å². The Kier molecular flexibility index (Phi) is 4.68. The third kappa shape index (κ3) is 3.07. The second-order valence-corrected chi connectivity index (χ2v) is 6.08. The summed E-state index contributed by atoms with van der Waals surface area (Å²) >= 11 is 13.9. The van der Waals surface area contributed by atoms with Crippen LogP contribution in [0.2, 0.25) is 10.0 Å². The maximum Gasteiger partial charge on any atom is 0.0545 e. The molecule has 0 aliphatic heterocycles. The van der Waals surface area contributed by atoms with Crippen LogP contribution in [0.1, 0.15) is 22.0 Å². The molecule has 0 amide bonds. The number of benzene rings is 1.